The lowest BCUT2D eigenvalue weighted by molar-refractivity contribution is 0.405. The molecule has 20 heavy (non-hydrogen) atoms. The Balaban J connectivity index is 2.58. The predicted molar refractivity (Wildman–Crippen MR) is 85.1 cm³/mol. The zero-order chi connectivity index (χ0) is 14.7. The van der Waals surface area contributed by atoms with Gasteiger partial charge in [-0.2, -0.15) is 0 Å². The van der Waals surface area contributed by atoms with Gasteiger partial charge in [0.2, 0.25) is 0 Å². The minimum Gasteiger partial charge on any atom is -0.496 e. The number of nitrogens with one attached hydrogen (secondary N) is 1. The standard InChI is InChI=1S/C16H17Cl2NO/c1-10-7-8-14(20-3)12(9-10)16(19-2)11-5-4-6-13(17)15(11)18/h4-9,16,19H,1-3H3. The first-order valence-corrected chi connectivity index (χ1v) is 7.09. The Kier molecular flexibility index (Phi) is 4.92. The first kappa shape index (κ1) is 15.2. The summed E-state index contributed by atoms with van der Waals surface area (Å²) in [5, 5.41) is 4.40. The normalized spacial score (nSPS) is 12.2. The van der Waals surface area contributed by atoms with E-state index in [0.29, 0.717) is 10.0 Å². The van der Waals surface area contributed by atoms with Crippen molar-refractivity contribution in [3.63, 3.8) is 0 Å². The molecule has 1 N–H and O–H groups in total. The van der Waals surface area contributed by atoms with Crippen LogP contribution in [-0.4, -0.2) is 14.2 Å². The van der Waals surface area contributed by atoms with Crippen LogP contribution in [0.2, 0.25) is 10.0 Å². The molecule has 2 nitrogen and oxygen atoms in total. The topological polar surface area (TPSA) is 21.3 Å². The van der Waals surface area contributed by atoms with Gasteiger partial charge in [-0.05, 0) is 31.7 Å². The number of rotatable bonds is 4. The summed E-state index contributed by atoms with van der Waals surface area (Å²) >= 11 is 12.5. The van der Waals surface area contributed by atoms with Crippen LogP contribution < -0.4 is 10.1 Å². The molecule has 2 aromatic carbocycles. The van der Waals surface area contributed by atoms with Gasteiger partial charge in [0.05, 0.1) is 23.2 Å². The van der Waals surface area contributed by atoms with Crippen molar-refractivity contribution in [2.24, 2.45) is 0 Å². The van der Waals surface area contributed by atoms with Crippen molar-refractivity contribution in [1.29, 1.82) is 0 Å². The van der Waals surface area contributed by atoms with Gasteiger partial charge in [0, 0.05) is 5.56 Å². The summed E-state index contributed by atoms with van der Waals surface area (Å²) in [6, 6.07) is 11.7. The van der Waals surface area contributed by atoms with Crippen molar-refractivity contribution in [2.45, 2.75) is 13.0 Å². The van der Waals surface area contributed by atoms with Crippen LogP contribution >= 0.6 is 23.2 Å². The van der Waals surface area contributed by atoms with Gasteiger partial charge < -0.3 is 10.1 Å². The third-order valence-corrected chi connectivity index (χ3v) is 4.11. The molecule has 0 aliphatic carbocycles. The molecule has 0 amide bonds. The Hall–Kier alpha value is -1.22. The molecular formula is C16H17Cl2NO. The summed E-state index contributed by atoms with van der Waals surface area (Å²) in [7, 11) is 3.56. The lowest BCUT2D eigenvalue weighted by atomic mass is 9.96. The van der Waals surface area contributed by atoms with Crippen molar-refractivity contribution in [1.82, 2.24) is 5.32 Å². The largest absolute Gasteiger partial charge is 0.496 e. The van der Waals surface area contributed by atoms with E-state index in [1.165, 1.54) is 5.56 Å². The minimum absolute atomic E-state index is 0.0731. The van der Waals surface area contributed by atoms with E-state index in [2.05, 4.69) is 18.3 Å². The van der Waals surface area contributed by atoms with Crippen molar-refractivity contribution >= 4 is 23.2 Å². The molecular weight excluding hydrogens is 293 g/mol. The molecule has 1 atom stereocenters. The van der Waals surface area contributed by atoms with Gasteiger partial charge in [-0.1, -0.05) is 53.0 Å². The molecule has 0 aromatic heterocycles. The zero-order valence-electron chi connectivity index (χ0n) is 11.7. The fourth-order valence-corrected chi connectivity index (χ4v) is 2.72. The summed E-state index contributed by atoms with van der Waals surface area (Å²) in [4.78, 5) is 0. The molecule has 0 saturated carbocycles. The Labute approximate surface area is 129 Å². The Bertz CT molecular complexity index is 613. The van der Waals surface area contributed by atoms with Crippen LogP contribution in [0.1, 0.15) is 22.7 Å². The SMILES string of the molecule is CNC(c1cc(C)ccc1OC)c1cccc(Cl)c1Cl. The average molecular weight is 310 g/mol. The molecule has 2 rings (SSSR count). The maximum Gasteiger partial charge on any atom is 0.124 e. The van der Waals surface area contributed by atoms with Crippen LogP contribution in [0.4, 0.5) is 0 Å². The second-order valence-corrected chi connectivity index (χ2v) is 5.40. The van der Waals surface area contributed by atoms with Gasteiger partial charge in [0.15, 0.2) is 0 Å². The van der Waals surface area contributed by atoms with Crippen molar-refractivity contribution < 1.29 is 4.74 Å². The molecule has 4 heteroatoms. The highest BCUT2D eigenvalue weighted by molar-refractivity contribution is 6.42. The highest BCUT2D eigenvalue weighted by Gasteiger charge is 2.20. The summed E-state index contributed by atoms with van der Waals surface area (Å²) in [6.07, 6.45) is 0. The van der Waals surface area contributed by atoms with Gasteiger partial charge in [-0.15, -0.1) is 0 Å². The van der Waals surface area contributed by atoms with E-state index in [1.807, 2.05) is 31.3 Å². The van der Waals surface area contributed by atoms with Gasteiger partial charge in [0.1, 0.15) is 5.75 Å². The number of benzene rings is 2. The second-order valence-electron chi connectivity index (χ2n) is 4.61. The van der Waals surface area contributed by atoms with E-state index >= 15 is 0 Å². The maximum atomic E-state index is 6.34. The summed E-state index contributed by atoms with van der Waals surface area (Å²) < 4.78 is 5.46. The lowest BCUT2D eigenvalue weighted by Crippen LogP contribution is -2.19. The number of hydrogen-bond donors (Lipinski definition) is 1. The second kappa shape index (κ2) is 6.49. The van der Waals surface area contributed by atoms with E-state index in [9.17, 15) is 0 Å². The van der Waals surface area contributed by atoms with Gasteiger partial charge in [0.25, 0.3) is 0 Å². The monoisotopic (exact) mass is 309 g/mol. The molecule has 0 heterocycles. The van der Waals surface area contributed by atoms with E-state index in [4.69, 9.17) is 27.9 Å². The van der Waals surface area contributed by atoms with Crippen molar-refractivity contribution in [3.8, 4) is 5.75 Å². The molecule has 2 aromatic rings. The fraction of sp³-hybridized carbons (Fsp3) is 0.250. The highest BCUT2D eigenvalue weighted by Crippen LogP contribution is 2.36. The summed E-state index contributed by atoms with van der Waals surface area (Å²) in [5.74, 6) is 0.825. The number of aryl methyl sites for hydroxylation is 1. The molecule has 0 fully saturated rings. The molecule has 0 saturated heterocycles. The van der Waals surface area contributed by atoms with Crippen LogP contribution in [0.3, 0.4) is 0 Å². The first-order chi connectivity index (χ1) is 9.58. The molecule has 0 bridgehead atoms. The van der Waals surface area contributed by atoms with Crippen LogP contribution in [0.5, 0.6) is 5.75 Å². The number of ether oxygens (including phenoxy) is 1. The molecule has 0 radical (unpaired) electrons. The molecule has 1 unspecified atom stereocenters. The van der Waals surface area contributed by atoms with Gasteiger partial charge >= 0.3 is 0 Å². The number of methoxy groups -OCH3 is 1. The van der Waals surface area contributed by atoms with Crippen LogP contribution in [-0.2, 0) is 0 Å². The molecule has 0 aliphatic heterocycles. The minimum atomic E-state index is -0.0731. The van der Waals surface area contributed by atoms with Gasteiger partial charge in [-0.25, -0.2) is 0 Å². The smallest absolute Gasteiger partial charge is 0.124 e. The average Bonchev–Trinajstić information content (AvgIpc) is 2.44. The van der Waals surface area contributed by atoms with Crippen molar-refractivity contribution in [3.05, 3.63) is 63.1 Å². The lowest BCUT2D eigenvalue weighted by Gasteiger charge is -2.21. The van der Waals surface area contributed by atoms with E-state index in [1.54, 1.807) is 13.2 Å². The first-order valence-electron chi connectivity index (χ1n) is 6.34. The summed E-state index contributed by atoms with van der Waals surface area (Å²) in [6.45, 7) is 2.05. The maximum absolute atomic E-state index is 6.34. The van der Waals surface area contributed by atoms with Gasteiger partial charge in [-0.3, -0.25) is 0 Å². The van der Waals surface area contributed by atoms with E-state index in [0.717, 1.165) is 16.9 Å². The Morgan fingerprint density at radius 1 is 1.10 bits per heavy atom. The van der Waals surface area contributed by atoms with Crippen LogP contribution in [0, 0.1) is 6.92 Å². The Morgan fingerprint density at radius 2 is 1.85 bits per heavy atom. The van der Waals surface area contributed by atoms with Crippen LogP contribution in [0.15, 0.2) is 36.4 Å². The van der Waals surface area contributed by atoms with E-state index in [-0.39, 0.29) is 6.04 Å². The van der Waals surface area contributed by atoms with Crippen molar-refractivity contribution in [2.75, 3.05) is 14.2 Å². The highest BCUT2D eigenvalue weighted by atomic mass is 35.5. The fourth-order valence-electron chi connectivity index (χ4n) is 2.30. The number of hydrogen-bond acceptors (Lipinski definition) is 2. The molecule has 0 aliphatic rings. The third-order valence-electron chi connectivity index (χ3n) is 3.28. The summed E-state index contributed by atoms with van der Waals surface area (Å²) in [5.41, 5.74) is 3.14. The number of halogens is 2. The molecule has 0 spiro atoms. The quantitative estimate of drug-likeness (QED) is 0.890. The predicted octanol–water partition coefficient (Wildman–Crippen LogP) is 4.62. The van der Waals surface area contributed by atoms with Crippen LogP contribution in [0.25, 0.3) is 0 Å². The van der Waals surface area contributed by atoms with E-state index < -0.39 is 0 Å². The Morgan fingerprint density at radius 3 is 2.50 bits per heavy atom. The third kappa shape index (κ3) is 2.93. The molecule has 106 valence electrons. The zero-order valence-corrected chi connectivity index (χ0v) is 13.2.